The van der Waals surface area contributed by atoms with Crippen LogP contribution >= 0.6 is 0 Å². The summed E-state index contributed by atoms with van der Waals surface area (Å²) >= 11 is 0. The van der Waals surface area contributed by atoms with Crippen LogP contribution in [-0.4, -0.2) is 40.7 Å². The quantitative estimate of drug-likeness (QED) is 0.477. The fourth-order valence-corrected chi connectivity index (χ4v) is 4.72. The van der Waals surface area contributed by atoms with E-state index in [0.717, 1.165) is 0 Å². The number of sulfonamides is 1. The second-order valence-corrected chi connectivity index (χ2v) is 12.2. The van der Waals surface area contributed by atoms with Crippen molar-refractivity contribution in [1.82, 2.24) is 14.5 Å². The fourth-order valence-electron chi connectivity index (χ4n) is 3.15. The lowest BCUT2D eigenvalue weighted by Gasteiger charge is -2.24. The number of nitrogens with zero attached hydrogens (tertiary/aromatic N) is 2. The molecule has 0 aliphatic heterocycles. The molecule has 0 bridgehead atoms. The van der Waals surface area contributed by atoms with Crippen molar-refractivity contribution in [2.45, 2.75) is 84.7 Å². The molecule has 1 amide bonds. The fraction of sp³-hybridized carbons (Fsp3) is 0.542. The van der Waals surface area contributed by atoms with E-state index < -0.39 is 27.1 Å². The average Bonchev–Trinajstić information content (AvgIpc) is 3.03. The summed E-state index contributed by atoms with van der Waals surface area (Å²) in [5.74, 6) is -1.63. The third-order valence-electron chi connectivity index (χ3n) is 5.11. The smallest absolute Gasteiger partial charge is 0.356 e. The predicted molar refractivity (Wildman–Crippen MR) is 134 cm³/mol. The van der Waals surface area contributed by atoms with Crippen LogP contribution in [0.25, 0.3) is 0 Å². The molecule has 0 unspecified atom stereocenters. The van der Waals surface area contributed by atoms with E-state index in [0.29, 0.717) is 12.1 Å². The number of aromatic nitrogens is 2. The van der Waals surface area contributed by atoms with E-state index in [4.69, 9.17) is 4.74 Å². The number of benzene rings is 1. The molecule has 0 fully saturated rings. The second-order valence-electron chi connectivity index (χ2n) is 10.6. The van der Waals surface area contributed by atoms with Crippen LogP contribution in [0.2, 0.25) is 0 Å². The van der Waals surface area contributed by atoms with Crippen molar-refractivity contribution >= 4 is 27.6 Å². The van der Waals surface area contributed by atoms with Gasteiger partial charge in [0, 0.05) is 22.7 Å². The number of aromatic carboxylic acids is 1. The van der Waals surface area contributed by atoms with Gasteiger partial charge in [-0.15, -0.1) is 0 Å². The Balaban J connectivity index is 2.69. The van der Waals surface area contributed by atoms with E-state index in [2.05, 4.69) is 15.1 Å². The first-order valence-corrected chi connectivity index (χ1v) is 12.9. The maximum absolute atomic E-state index is 13.3. The highest BCUT2D eigenvalue weighted by Gasteiger charge is 2.31. The number of carbonyl (C=O) groups excluding carboxylic acids is 1. The molecule has 0 radical (unpaired) electrons. The highest BCUT2D eigenvalue weighted by Crippen LogP contribution is 2.36. The van der Waals surface area contributed by atoms with Crippen LogP contribution in [-0.2, 0) is 20.4 Å². The van der Waals surface area contributed by atoms with Crippen molar-refractivity contribution in [2.24, 2.45) is 5.92 Å². The number of amides is 1. The Morgan fingerprint density at radius 2 is 1.77 bits per heavy atom. The molecule has 2 rings (SSSR count). The standard InChI is InChI=1S/C24H36N4O6S/c1-10-14(2)20(29)25-16-11-12-17(18(13-16)35(32,33)27-23(4,5)6)34-21-15(3)19(22(30)31)26-28(21)24(7,8)9/h11-14,27H,10H2,1-9H3,(H,25,29)(H,30,31)/t14-/m1/s1. The first kappa shape index (κ1) is 28.3. The normalized spacial score (nSPS) is 13.4. The van der Waals surface area contributed by atoms with Gasteiger partial charge in [0.15, 0.2) is 5.69 Å². The topological polar surface area (TPSA) is 140 Å². The number of rotatable bonds is 8. The minimum atomic E-state index is -4.10. The van der Waals surface area contributed by atoms with Gasteiger partial charge < -0.3 is 15.2 Å². The number of hydrogen-bond donors (Lipinski definition) is 3. The predicted octanol–water partition coefficient (Wildman–Crippen LogP) is 4.50. The summed E-state index contributed by atoms with van der Waals surface area (Å²) in [5, 5.41) is 16.5. The maximum Gasteiger partial charge on any atom is 0.356 e. The lowest BCUT2D eigenvalue weighted by atomic mass is 10.1. The lowest BCUT2D eigenvalue weighted by molar-refractivity contribution is -0.119. The Kier molecular flexibility index (Phi) is 8.08. The van der Waals surface area contributed by atoms with Crippen molar-refractivity contribution in [1.29, 1.82) is 0 Å². The summed E-state index contributed by atoms with van der Waals surface area (Å²) in [6.07, 6.45) is 0.631. The number of ether oxygens (including phenoxy) is 1. The monoisotopic (exact) mass is 508 g/mol. The summed E-state index contributed by atoms with van der Waals surface area (Å²) in [5.41, 5.74) is -1.07. The molecule has 0 saturated carbocycles. The van der Waals surface area contributed by atoms with Gasteiger partial charge in [0.05, 0.1) is 5.54 Å². The zero-order valence-electron chi connectivity index (χ0n) is 21.8. The number of anilines is 1. The molecule has 1 aromatic heterocycles. The van der Waals surface area contributed by atoms with Crippen LogP contribution in [0.15, 0.2) is 23.1 Å². The Morgan fingerprint density at radius 3 is 2.26 bits per heavy atom. The minimum absolute atomic E-state index is 0.0336. The molecule has 2 aromatic rings. The van der Waals surface area contributed by atoms with Gasteiger partial charge in [0.25, 0.3) is 0 Å². The summed E-state index contributed by atoms with van der Waals surface area (Å²) in [6, 6.07) is 4.30. The molecule has 3 N–H and O–H groups in total. The number of carbonyl (C=O) groups is 2. The van der Waals surface area contributed by atoms with Crippen molar-refractivity contribution in [3.05, 3.63) is 29.5 Å². The van der Waals surface area contributed by atoms with Gasteiger partial charge in [-0.05, 0) is 73.1 Å². The zero-order chi connectivity index (χ0) is 26.9. The van der Waals surface area contributed by atoms with Gasteiger partial charge in [0.2, 0.25) is 21.8 Å². The van der Waals surface area contributed by atoms with E-state index >= 15 is 0 Å². The van der Waals surface area contributed by atoms with Crippen LogP contribution < -0.4 is 14.8 Å². The molecule has 0 saturated heterocycles. The molecule has 1 atom stereocenters. The Labute approximate surface area is 207 Å². The van der Waals surface area contributed by atoms with Crippen molar-refractivity contribution in [3.63, 3.8) is 0 Å². The molecule has 35 heavy (non-hydrogen) atoms. The number of carboxylic acid groups (broad SMARTS) is 1. The SMILES string of the molecule is CC[C@@H](C)C(=O)Nc1ccc(Oc2c(C)c(C(=O)O)nn2C(C)(C)C)c(S(=O)(=O)NC(C)(C)C)c1. The molecular formula is C24H36N4O6S. The number of hydrogen-bond acceptors (Lipinski definition) is 6. The molecule has 11 heteroatoms. The largest absolute Gasteiger partial charge is 0.476 e. The van der Waals surface area contributed by atoms with Crippen LogP contribution in [0, 0.1) is 12.8 Å². The van der Waals surface area contributed by atoms with Gasteiger partial charge in [-0.1, -0.05) is 13.8 Å². The van der Waals surface area contributed by atoms with Gasteiger partial charge in [-0.2, -0.15) is 5.10 Å². The first-order chi connectivity index (χ1) is 15.9. The van der Waals surface area contributed by atoms with E-state index in [1.54, 1.807) is 34.6 Å². The molecule has 1 aromatic carbocycles. The Bertz CT molecular complexity index is 1220. The van der Waals surface area contributed by atoms with E-state index in [9.17, 15) is 23.1 Å². The van der Waals surface area contributed by atoms with Crippen molar-refractivity contribution in [3.8, 4) is 11.6 Å². The third kappa shape index (κ3) is 6.82. The maximum atomic E-state index is 13.3. The van der Waals surface area contributed by atoms with Gasteiger partial charge in [-0.25, -0.2) is 22.6 Å². The highest BCUT2D eigenvalue weighted by molar-refractivity contribution is 7.89. The summed E-state index contributed by atoms with van der Waals surface area (Å²) in [4.78, 5) is 23.9. The first-order valence-electron chi connectivity index (χ1n) is 11.4. The summed E-state index contributed by atoms with van der Waals surface area (Å²) < 4.78 is 36.8. The van der Waals surface area contributed by atoms with Crippen LogP contribution in [0.3, 0.4) is 0 Å². The minimum Gasteiger partial charge on any atom is -0.476 e. The van der Waals surface area contributed by atoms with Crippen LogP contribution in [0.4, 0.5) is 5.69 Å². The lowest BCUT2D eigenvalue weighted by Crippen LogP contribution is -2.40. The molecule has 10 nitrogen and oxygen atoms in total. The zero-order valence-corrected chi connectivity index (χ0v) is 22.6. The van der Waals surface area contributed by atoms with Gasteiger partial charge in [0.1, 0.15) is 10.6 Å². The molecule has 0 aliphatic carbocycles. The number of nitrogens with one attached hydrogen (secondary N) is 2. The van der Waals surface area contributed by atoms with Crippen molar-refractivity contribution in [2.75, 3.05) is 5.32 Å². The van der Waals surface area contributed by atoms with Crippen molar-refractivity contribution < 1.29 is 27.9 Å². The summed E-state index contributed by atoms with van der Waals surface area (Å²) in [7, 11) is -4.10. The molecule has 194 valence electrons. The number of carboxylic acids is 1. The van der Waals surface area contributed by atoms with Crippen LogP contribution in [0.1, 0.15) is 77.9 Å². The Morgan fingerprint density at radius 1 is 1.17 bits per heavy atom. The second kappa shape index (κ2) is 9.98. The average molecular weight is 509 g/mol. The van der Waals surface area contributed by atoms with Gasteiger partial charge in [-0.3, -0.25) is 4.79 Å². The summed E-state index contributed by atoms with van der Waals surface area (Å²) in [6.45, 7) is 15.8. The van der Waals surface area contributed by atoms with E-state index in [-0.39, 0.29) is 39.6 Å². The molecule has 0 aliphatic rings. The third-order valence-corrected chi connectivity index (χ3v) is 6.89. The van der Waals surface area contributed by atoms with E-state index in [1.165, 1.54) is 22.9 Å². The Hall–Kier alpha value is -2.92. The van der Waals surface area contributed by atoms with Crippen LogP contribution in [0.5, 0.6) is 11.6 Å². The highest BCUT2D eigenvalue weighted by atomic mass is 32.2. The molecule has 1 heterocycles. The van der Waals surface area contributed by atoms with E-state index in [1.807, 2.05) is 27.7 Å². The van der Waals surface area contributed by atoms with Gasteiger partial charge >= 0.3 is 5.97 Å². The molecule has 0 spiro atoms. The molecular weight excluding hydrogens is 472 g/mol.